The molecule has 1 heterocycles. The van der Waals surface area contributed by atoms with Gasteiger partial charge in [0, 0.05) is 14.7 Å². The summed E-state index contributed by atoms with van der Waals surface area (Å²) in [5, 5.41) is 7.82. The van der Waals surface area contributed by atoms with Crippen LogP contribution in [-0.2, 0) is 11.5 Å². The number of hydrogen-bond acceptors (Lipinski definition) is 3. The smallest absolute Gasteiger partial charge is 0.168 e. The first-order valence-electron chi connectivity index (χ1n) is 6.68. The maximum atomic E-state index is 13.8. The van der Waals surface area contributed by atoms with Crippen LogP contribution in [0, 0.1) is 5.82 Å². The van der Waals surface area contributed by atoms with Gasteiger partial charge in [-0.15, -0.1) is 10.2 Å². The molecule has 1 aromatic heterocycles. The Bertz CT molecular complexity index is 566. The molecule has 0 spiro atoms. The zero-order valence-electron chi connectivity index (χ0n) is 12.1. The molecule has 0 unspecified atom stereocenters. The fourth-order valence-electron chi connectivity index (χ4n) is 1.74. The van der Waals surface area contributed by atoms with Crippen LogP contribution < -0.4 is 0 Å². The van der Waals surface area contributed by atoms with Crippen LogP contribution in [0.15, 0.2) is 30.6 Å². The van der Waals surface area contributed by atoms with Gasteiger partial charge in [-0.2, -0.15) is 0 Å². The third-order valence-electron chi connectivity index (χ3n) is 2.96. The quantitative estimate of drug-likeness (QED) is 0.605. The topological polar surface area (TPSA) is 39.9 Å². The van der Waals surface area contributed by atoms with Crippen LogP contribution in [0.5, 0.6) is 0 Å². The normalized spacial score (nSPS) is 11.8. The summed E-state index contributed by atoms with van der Waals surface area (Å²) in [6, 6.07) is 7.65. The van der Waals surface area contributed by atoms with Crippen LogP contribution in [-0.4, -0.2) is 29.4 Å². The van der Waals surface area contributed by atoms with Gasteiger partial charge in [0.05, 0.1) is 5.56 Å². The predicted molar refractivity (Wildman–Crippen MR) is 79.5 cm³/mol. The van der Waals surface area contributed by atoms with Gasteiger partial charge in [-0.25, -0.2) is 4.39 Å². The van der Waals surface area contributed by atoms with E-state index in [4.69, 9.17) is 4.74 Å². The van der Waals surface area contributed by atoms with Crippen LogP contribution in [0.25, 0.3) is 11.4 Å². The Hall–Kier alpha value is -1.53. The molecule has 0 saturated heterocycles. The van der Waals surface area contributed by atoms with E-state index in [1.807, 2.05) is 0 Å². The lowest BCUT2D eigenvalue weighted by Gasteiger charge is -2.15. The number of rotatable bonds is 6. The van der Waals surface area contributed by atoms with Crippen molar-refractivity contribution in [1.29, 1.82) is 0 Å². The lowest BCUT2D eigenvalue weighted by molar-refractivity contribution is 0.0880. The molecule has 0 aliphatic carbocycles. The van der Waals surface area contributed by atoms with Crippen molar-refractivity contribution in [2.45, 2.75) is 32.4 Å². The first-order chi connectivity index (χ1) is 9.47. The lowest BCUT2D eigenvalue weighted by atomic mass is 10.2. The highest BCUT2D eigenvalue weighted by Gasteiger charge is 2.14. The number of aromatic nitrogens is 3. The highest BCUT2D eigenvalue weighted by Crippen LogP contribution is 2.20. The fourth-order valence-corrected chi connectivity index (χ4v) is 2.50. The monoisotopic (exact) mass is 293 g/mol. The molecule has 0 aliphatic rings. The third-order valence-corrected chi connectivity index (χ3v) is 4.66. The lowest BCUT2D eigenvalue weighted by Crippen LogP contribution is -2.22. The van der Waals surface area contributed by atoms with Crippen LogP contribution in [0.2, 0.25) is 25.7 Å². The van der Waals surface area contributed by atoms with Crippen LogP contribution in [0.3, 0.4) is 0 Å². The standard InChI is InChI=1S/C14H20FN3OSi/c1-20(2,3)9-8-19-11-18-10-16-17-14(18)12-6-4-5-7-13(12)15/h4-7,10H,8-9,11H2,1-3H3. The minimum Gasteiger partial charge on any atom is -0.361 e. The molecular weight excluding hydrogens is 273 g/mol. The molecule has 108 valence electrons. The Labute approximate surface area is 119 Å². The van der Waals surface area contributed by atoms with Crippen molar-refractivity contribution < 1.29 is 9.13 Å². The number of halogens is 1. The number of hydrogen-bond donors (Lipinski definition) is 0. The van der Waals surface area contributed by atoms with Gasteiger partial charge in [-0.1, -0.05) is 31.8 Å². The molecule has 0 amide bonds. The molecule has 6 heteroatoms. The van der Waals surface area contributed by atoms with E-state index in [2.05, 4.69) is 29.8 Å². The molecule has 0 aliphatic heterocycles. The predicted octanol–water partition coefficient (Wildman–Crippen LogP) is 3.40. The van der Waals surface area contributed by atoms with Crippen molar-refractivity contribution in [2.75, 3.05) is 6.61 Å². The van der Waals surface area contributed by atoms with Crippen molar-refractivity contribution in [3.8, 4) is 11.4 Å². The van der Waals surface area contributed by atoms with Gasteiger partial charge in [-0.05, 0) is 18.2 Å². The van der Waals surface area contributed by atoms with Crippen molar-refractivity contribution in [3.05, 3.63) is 36.4 Å². The van der Waals surface area contributed by atoms with Crippen molar-refractivity contribution >= 4 is 8.07 Å². The summed E-state index contributed by atoms with van der Waals surface area (Å²) in [5.74, 6) is 0.194. The summed E-state index contributed by atoms with van der Waals surface area (Å²) in [7, 11) is -1.09. The highest BCUT2D eigenvalue weighted by atomic mass is 28.3. The Morgan fingerprint density at radius 1 is 1.25 bits per heavy atom. The summed E-state index contributed by atoms with van der Waals surface area (Å²) in [4.78, 5) is 0. The highest BCUT2D eigenvalue weighted by molar-refractivity contribution is 6.76. The van der Waals surface area contributed by atoms with E-state index in [9.17, 15) is 4.39 Å². The molecule has 1 aromatic carbocycles. The number of benzene rings is 1. The van der Waals surface area contributed by atoms with Crippen molar-refractivity contribution in [2.24, 2.45) is 0 Å². The summed E-state index contributed by atoms with van der Waals surface area (Å²) in [5.41, 5.74) is 0.443. The van der Waals surface area contributed by atoms with Gasteiger partial charge in [0.25, 0.3) is 0 Å². The largest absolute Gasteiger partial charge is 0.361 e. The molecule has 0 radical (unpaired) electrons. The average Bonchev–Trinajstić information content (AvgIpc) is 2.82. The second-order valence-electron chi connectivity index (χ2n) is 5.95. The Morgan fingerprint density at radius 3 is 2.70 bits per heavy atom. The van der Waals surface area contributed by atoms with E-state index in [-0.39, 0.29) is 5.82 Å². The molecule has 0 N–H and O–H groups in total. The first kappa shape index (κ1) is 14.9. The minimum absolute atomic E-state index is 0.302. The second kappa shape index (κ2) is 6.28. The van der Waals surface area contributed by atoms with E-state index in [0.29, 0.717) is 24.7 Å². The van der Waals surface area contributed by atoms with Gasteiger partial charge in [0.1, 0.15) is 18.9 Å². The molecule has 4 nitrogen and oxygen atoms in total. The van der Waals surface area contributed by atoms with E-state index in [1.54, 1.807) is 29.1 Å². The summed E-state index contributed by atoms with van der Waals surface area (Å²) >= 11 is 0. The Kier molecular flexibility index (Phi) is 4.67. The molecule has 0 atom stereocenters. The summed E-state index contributed by atoms with van der Waals surface area (Å²) in [6.07, 6.45) is 1.57. The van der Waals surface area contributed by atoms with Gasteiger partial charge in [-0.3, -0.25) is 4.57 Å². The average molecular weight is 293 g/mol. The molecular formula is C14H20FN3OSi. The van der Waals surface area contributed by atoms with Crippen molar-refractivity contribution in [1.82, 2.24) is 14.8 Å². The zero-order valence-corrected chi connectivity index (χ0v) is 13.1. The van der Waals surface area contributed by atoms with Crippen molar-refractivity contribution in [3.63, 3.8) is 0 Å². The Balaban J connectivity index is 2.01. The van der Waals surface area contributed by atoms with Gasteiger partial charge < -0.3 is 4.74 Å². The van der Waals surface area contributed by atoms with Gasteiger partial charge >= 0.3 is 0 Å². The zero-order chi connectivity index (χ0) is 14.6. The van der Waals surface area contributed by atoms with Gasteiger partial charge in [0.15, 0.2) is 5.82 Å². The SMILES string of the molecule is C[Si](C)(C)CCOCn1cnnc1-c1ccccc1F. The fraction of sp³-hybridized carbons (Fsp3) is 0.429. The molecule has 20 heavy (non-hydrogen) atoms. The summed E-state index contributed by atoms with van der Waals surface area (Å²) < 4.78 is 21.1. The maximum Gasteiger partial charge on any atom is 0.168 e. The van der Waals surface area contributed by atoms with E-state index >= 15 is 0 Å². The molecule has 2 rings (SSSR count). The third kappa shape index (κ3) is 3.98. The molecule has 2 aromatic rings. The maximum absolute atomic E-state index is 13.8. The van der Waals surface area contributed by atoms with Crippen LogP contribution in [0.1, 0.15) is 0 Å². The Morgan fingerprint density at radius 2 is 2.00 bits per heavy atom. The molecule has 0 saturated carbocycles. The summed E-state index contributed by atoms with van der Waals surface area (Å²) in [6.45, 7) is 7.98. The van der Waals surface area contributed by atoms with E-state index in [0.717, 1.165) is 6.04 Å². The molecule has 0 fully saturated rings. The molecule has 0 bridgehead atoms. The first-order valence-corrected chi connectivity index (χ1v) is 10.4. The van der Waals surface area contributed by atoms with Gasteiger partial charge in [0.2, 0.25) is 0 Å². The van der Waals surface area contributed by atoms with E-state index < -0.39 is 8.07 Å². The number of nitrogens with zero attached hydrogens (tertiary/aromatic N) is 3. The number of ether oxygens (including phenoxy) is 1. The van der Waals surface area contributed by atoms with Crippen LogP contribution in [0.4, 0.5) is 4.39 Å². The van der Waals surface area contributed by atoms with Crippen LogP contribution >= 0.6 is 0 Å². The second-order valence-corrected chi connectivity index (χ2v) is 11.6. The minimum atomic E-state index is -1.09. The van der Waals surface area contributed by atoms with E-state index in [1.165, 1.54) is 6.07 Å².